The molecule has 1 atom stereocenters. The van der Waals surface area contributed by atoms with Crippen molar-refractivity contribution in [3.05, 3.63) is 64.1 Å². The Morgan fingerprint density at radius 2 is 1.65 bits per heavy atom. The molecule has 0 spiro atoms. The summed E-state index contributed by atoms with van der Waals surface area (Å²) in [6.45, 7) is 0.963. The summed E-state index contributed by atoms with van der Waals surface area (Å²) in [5.41, 5.74) is 1.64. The first kappa shape index (κ1) is 18.4. The number of nitrogens with one attached hydrogen (secondary N) is 2. The first-order valence-electron chi connectivity index (χ1n) is 8.01. The fourth-order valence-corrected chi connectivity index (χ4v) is 2.77. The van der Waals surface area contributed by atoms with E-state index in [2.05, 4.69) is 10.6 Å². The molecule has 26 heavy (non-hydrogen) atoms. The molecule has 3 amide bonds. The summed E-state index contributed by atoms with van der Waals surface area (Å²) in [4.78, 5) is 25.4. The zero-order valence-electron chi connectivity index (χ0n) is 13.7. The third-order valence-electron chi connectivity index (χ3n) is 3.87. The first-order chi connectivity index (χ1) is 12.5. The van der Waals surface area contributed by atoms with E-state index in [-0.39, 0.29) is 12.6 Å². The number of carbonyl (C=O) groups excluding carboxylic acids is 2. The second-order valence-electron chi connectivity index (χ2n) is 5.78. The van der Waals surface area contributed by atoms with Crippen LogP contribution in [0.2, 0.25) is 10.0 Å². The number of cyclic esters (lactones) is 1. The molecule has 0 saturated carbocycles. The van der Waals surface area contributed by atoms with Gasteiger partial charge >= 0.3 is 12.1 Å². The molecule has 6 nitrogen and oxygen atoms in total. The monoisotopic (exact) mass is 393 g/mol. The molecule has 2 aromatic carbocycles. The molecule has 8 heteroatoms. The predicted molar refractivity (Wildman–Crippen MR) is 101 cm³/mol. The Balaban J connectivity index is 1.44. The highest BCUT2D eigenvalue weighted by Crippen LogP contribution is 2.23. The molecule has 3 rings (SSSR count). The molecule has 1 saturated heterocycles. The van der Waals surface area contributed by atoms with E-state index in [0.29, 0.717) is 28.8 Å². The number of hydrogen-bond donors (Lipinski definition) is 2. The SMILES string of the molecule is O=C(NCc1ccc(Cl)cc1)NC[C@H]1CN(c2ccc(Cl)cc2)C(=O)O1. The highest BCUT2D eigenvalue weighted by molar-refractivity contribution is 6.30. The molecule has 2 aromatic rings. The van der Waals surface area contributed by atoms with Crippen LogP contribution in [0.4, 0.5) is 15.3 Å². The number of carbonyl (C=O) groups is 2. The number of benzene rings is 2. The van der Waals surface area contributed by atoms with E-state index in [1.165, 1.54) is 4.90 Å². The van der Waals surface area contributed by atoms with Gasteiger partial charge in [-0.2, -0.15) is 0 Å². The number of halogens is 2. The van der Waals surface area contributed by atoms with Gasteiger partial charge in [0.05, 0.1) is 13.1 Å². The van der Waals surface area contributed by atoms with Crippen LogP contribution in [0.3, 0.4) is 0 Å². The van der Waals surface area contributed by atoms with Crippen molar-refractivity contribution < 1.29 is 14.3 Å². The lowest BCUT2D eigenvalue weighted by atomic mass is 10.2. The van der Waals surface area contributed by atoms with Crippen molar-refractivity contribution in [1.82, 2.24) is 10.6 Å². The van der Waals surface area contributed by atoms with E-state index >= 15 is 0 Å². The van der Waals surface area contributed by atoms with Crippen LogP contribution in [-0.2, 0) is 11.3 Å². The third kappa shape index (κ3) is 4.80. The molecular weight excluding hydrogens is 377 g/mol. The number of nitrogens with zero attached hydrogens (tertiary/aromatic N) is 1. The van der Waals surface area contributed by atoms with Gasteiger partial charge in [0.25, 0.3) is 0 Å². The standard InChI is InChI=1S/C18H17Cl2N3O3/c19-13-3-1-12(2-4-13)9-21-17(24)22-10-16-11-23(18(25)26-16)15-7-5-14(20)6-8-15/h1-8,16H,9-11H2,(H2,21,22,24)/t16-/m0/s1. The average Bonchev–Trinajstić information content (AvgIpc) is 3.01. The minimum Gasteiger partial charge on any atom is -0.442 e. The predicted octanol–water partition coefficient (Wildman–Crippen LogP) is 3.82. The van der Waals surface area contributed by atoms with E-state index < -0.39 is 12.2 Å². The summed E-state index contributed by atoms with van der Waals surface area (Å²) in [7, 11) is 0. The van der Waals surface area contributed by atoms with Crippen LogP contribution < -0.4 is 15.5 Å². The molecule has 0 unspecified atom stereocenters. The van der Waals surface area contributed by atoms with Gasteiger partial charge in [0.2, 0.25) is 0 Å². The summed E-state index contributed by atoms with van der Waals surface area (Å²) in [6.07, 6.45) is -0.861. The van der Waals surface area contributed by atoms with Crippen molar-refractivity contribution in [3.63, 3.8) is 0 Å². The first-order valence-corrected chi connectivity index (χ1v) is 8.77. The number of amides is 3. The fraction of sp³-hybridized carbons (Fsp3) is 0.222. The number of urea groups is 1. The molecule has 1 aliphatic rings. The van der Waals surface area contributed by atoms with E-state index in [1.807, 2.05) is 12.1 Å². The van der Waals surface area contributed by atoms with E-state index in [9.17, 15) is 9.59 Å². The molecule has 0 bridgehead atoms. The molecule has 1 heterocycles. The number of ether oxygens (including phenoxy) is 1. The number of rotatable bonds is 5. The summed E-state index contributed by atoms with van der Waals surface area (Å²) in [5, 5.41) is 6.69. The van der Waals surface area contributed by atoms with Crippen LogP contribution in [0.15, 0.2) is 48.5 Å². The Kier molecular flexibility index (Phi) is 5.85. The Morgan fingerprint density at radius 3 is 2.31 bits per heavy atom. The van der Waals surface area contributed by atoms with Crippen LogP contribution in [0.5, 0.6) is 0 Å². The van der Waals surface area contributed by atoms with Gasteiger partial charge in [-0.15, -0.1) is 0 Å². The van der Waals surface area contributed by atoms with Crippen LogP contribution in [0.1, 0.15) is 5.56 Å². The van der Waals surface area contributed by atoms with E-state index in [4.69, 9.17) is 27.9 Å². The Hall–Kier alpha value is -2.44. The minimum absolute atomic E-state index is 0.224. The zero-order valence-corrected chi connectivity index (χ0v) is 15.3. The van der Waals surface area contributed by atoms with Gasteiger partial charge in [0, 0.05) is 22.3 Å². The normalized spacial score (nSPS) is 16.3. The van der Waals surface area contributed by atoms with Crippen molar-refractivity contribution in [2.45, 2.75) is 12.6 Å². The smallest absolute Gasteiger partial charge is 0.414 e. The van der Waals surface area contributed by atoms with Gasteiger partial charge in [-0.05, 0) is 42.0 Å². The van der Waals surface area contributed by atoms with Gasteiger partial charge in [-0.1, -0.05) is 35.3 Å². The second-order valence-corrected chi connectivity index (χ2v) is 6.66. The molecule has 2 N–H and O–H groups in total. The zero-order chi connectivity index (χ0) is 18.5. The van der Waals surface area contributed by atoms with E-state index in [1.54, 1.807) is 36.4 Å². The molecule has 1 aliphatic heterocycles. The van der Waals surface area contributed by atoms with Crippen LogP contribution in [0.25, 0.3) is 0 Å². The molecular formula is C18H17Cl2N3O3. The summed E-state index contributed by atoms with van der Waals surface area (Å²) < 4.78 is 5.28. The van der Waals surface area contributed by atoms with Crippen molar-refractivity contribution in [1.29, 1.82) is 0 Å². The topological polar surface area (TPSA) is 70.7 Å². The quantitative estimate of drug-likeness (QED) is 0.810. The lowest BCUT2D eigenvalue weighted by Gasteiger charge is -2.13. The molecule has 1 fully saturated rings. The van der Waals surface area contributed by atoms with E-state index in [0.717, 1.165) is 5.56 Å². The lowest BCUT2D eigenvalue weighted by molar-refractivity contribution is 0.140. The van der Waals surface area contributed by atoms with Gasteiger partial charge in [-0.25, -0.2) is 9.59 Å². The van der Waals surface area contributed by atoms with Gasteiger partial charge < -0.3 is 15.4 Å². The second kappa shape index (κ2) is 8.29. The Morgan fingerprint density at radius 1 is 1.04 bits per heavy atom. The van der Waals surface area contributed by atoms with Gasteiger partial charge in [0.1, 0.15) is 6.10 Å². The lowest BCUT2D eigenvalue weighted by Crippen LogP contribution is -2.40. The van der Waals surface area contributed by atoms with Gasteiger partial charge in [-0.3, -0.25) is 4.90 Å². The molecule has 0 aromatic heterocycles. The number of hydrogen-bond acceptors (Lipinski definition) is 3. The van der Waals surface area contributed by atoms with Crippen LogP contribution in [-0.4, -0.2) is 31.3 Å². The van der Waals surface area contributed by atoms with Crippen LogP contribution >= 0.6 is 23.2 Å². The summed E-state index contributed by atoms with van der Waals surface area (Å²) in [5.74, 6) is 0. The molecule has 0 aliphatic carbocycles. The van der Waals surface area contributed by atoms with Crippen molar-refractivity contribution in [2.24, 2.45) is 0 Å². The maximum Gasteiger partial charge on any atom is 0.414 e. The van der Waals surface area contributed by atoms with Crippen molar-refractivity contribution in [3.8, 4) is 0 Å². The maximum atomic E-state index is 12.0. The van der Waals surface area contributed by atoms with Crippen molar-refractivity contribution >= 4 is 41.0 Å². The minimum atomic E-state index is -0.444. The molecule has 0 radical (unpaired) electrons. The number of anilines is 1. The largest absolute Gasteiger partial charge is 0.442 e. The summed E-state index contributed by atoms with van der Waals surface area (Å²) >= 11 is 11.7. The van der Waals surface area contributed by atoms with Gasteiger partial charge in [0.15, 0.2) is 0 Å². The maximum absolute atomic E-state index is 12.0. The fourth-order valence-electron chi connectivity index (χ4n) is 2.51. The summed E-state index contributed by atoms with van der Waals surface area (Å²) in [6, 6.07) is 13.8. The van der Waals surface area contributed by atoms with Crippen molar-refractivity contribution in [2.75, 3.05) is 18.0 Å². The van der Waals surface area contributed by atoms with Crippen LogP contribution in [0, 0.1) is 0 Å². The molecule has 136 valence electrons. The highest BCUT2D eigenvalue weighted by Gasteiger charge is 2.32. The highest BCUT2D eigenvalue weighted by atomic mass is 35.5. The third-order valence-corrected chi connectivity index (χ3v) is 4.37. The average molecular weight is 394 g/mol. The Bertz CT molecular complexity index is 781. The Labute approximate surface area is 161 Å².